The molecule has 1 aromatic rings. The van der Waals surface area contributed by atoms with Crippen LogP contribution in [-0.2, 0) is 9.53 Å². The first-order valence-corrected chi connectivity index (χ1v) is 9.56. The zero-order valence-corrected chi connectivity index (χ0v) is 14.8. The Bertz CT molecular complexity index is 588. The van der Waals surface area contributed by atoms with Crippen molar-refractivity contribution in [1.29, 1.82) is 0 Å². The van der Waals surface area contributed by atoms with E-state index in [1.807, 2.05) is 30.0 Å². The fourth-order valence-corrected chi connectivity index (χ4v) is 4.78. The lowest BCUT2D eigenvalue weighted by atomic mass is 10.0. The fraction of sp³-hybridized carbons (Fsp3) is 0.611. The average Bonchev–Trinajstić information content (AvgIpc) is 2.81. The van der Waals surface area contributed by atoms with Gasteiger partial charge in [0, 0.05) is 21.3 Å². The van der Waals surface area contributed by atoms with Gasteiger partial charge < -0.3 is 14.9 Å². The van der Waals surface area contributed by atoms with Crippen LogP contribution in [0.15, 0.2) is 23.1 Å². The van der Waals surface area contributed by atoms with Crippen molar-refractivity contribution in [3.63, 3.8) is 0 Å². The van der Waals surface area contributed by atoms with Crippen molar-refractivity contribution in [2.45, 2.75) is 61.6 Å². The van der Waals surface area contributed by atoms with Crippen molar-refractivity contribution >= 4 is 17.7 Å². The Kier molecular flexibility index (Phi) is 5.81. The summed E-state index contributed by atoms with van der Waals surface area (Å²) in [5.41, 5.74) is 1.35. The van der Waals surface area contributed by atoms with Gasteiger partial charge in [0.25, 0.3) is 0 Å². The molecule has 0 spiro atoms. The van der Waals surface area contributed by atoms with Gasteiger partial charge >= 0.3 is 5.97 Å². The Morgan fingerprint density at radius 1 is 1.21 bits per heavy atom. The molecule has 0 radical (unpaired) electrons. The van der Waals surface area contributed by atoms with E-state index in [1.165, 1.54) is 37.0 Å². The predicted molar refractivity (Wildman–Crippen MR) is 92.4 cm³/mol. The average molecular weight is 351 g/mol. The van der Waals surface area contributed by atoms with E-state index in [1.54, 1.807) is 6.92 Å². The number of fused-ring (bicyclic) bond motifs is 1. The van der Waals surface area contributed by atoms with Gasteiger partial charge in [0.05, 0.1) is 6.61 Å². The standard InChI is InChI=1S/C18H25NO4S/c1-2-23-16(20)11-19-17(21)14-9-8-13(10-15(14)18(19)22)24-12-6-4-3-5-7-12/h8-10,12,17-18,21-22H,2-7,11H2,1H3. The normalized spacial score (nSPS) is 24.8. The van der Waals surface area contributed by atoms with Crippen molar-refractivity contribution in [3.05, 3.63) is 29.3 Å². The van der Waals surface area contributed by atoms with E-state index in [0.717, 1.165) is 4.90 Å². The van der Waals surface area contributed by atoms with Crippen molar-refractivity contribution in [3.8, 4) is 0 Å². The highest BCUT2D eigenvalue weighted by molar-refractivity contribution is 8.00. The van der Waals surface area contributed by atoms with Gasteiger partial charge in [-0.1, -0.05) is 25.3 Å². The zero-order chi connectivity index (χ0) is 17.1. The number of carbonyl (C=O) groups is 1. The molecule has 1 fully saturated rings. The van der Waals surface area contributed by atoms with E-state index in [-0.39, 0.29) is 13.2 Å². The highest BCUT2D eigenvalue weighted by Crippen LogP contribution is 2.42. The Hall–Kier alpha value is -1.08. The van der Waals surface area contributed by atoms with Crippen LogP contribution in [0.2, 0.25) is 0 Å². The fourth-order valence-electron chi connectivity index (χ4n) is 3.48. The van der Waals surface area contributed by atoms with Crippen LogP contribution in [0.3, 0.4) is 0 Å². The number of nitrogens with zero attached hydrogens (tertiary/aromatic N) is 1. The summed E-state index contributed by atoms with van der Waals surface area (Å²) < 4.78 is 4.92. The molecule has 1 aromatic carbocycles. The van der Waals surface area contributed by atoms with Crippen LogP contribution in [0.5, 0.6) is 0 Å². The van der Waals surface area contributed by atoms with Crippen LogP contribution >= 0.6 is 11.8 Å². The summed E-state index contributed by atoms with van der Waals surface area (Å²) in [7, 11) is 0. The number of hydrogen-bond donors (Lipinski definition) is 2. The van der Waals surface area contributed by atoms with Gasteiger partial charge in [-0.05, 0) is 31.9 Å². The van der Waals surface area contributed by atoms with Crippen LogP contribution in [0.4, 0.5) is 0 Å². The van der Waals surface area contributed by atoms with Gasteiger partial charge in [-0.3, -0.25) is 4.79 Å². The third kappa shape index (κ3) is 3.77. The lowest BCUT2D eigenvalue weighted by molar-refractivity contribution is -0.154. The number of benzene rings is 1. The Labute approximate surface area is 147 Å². The zero-order valence-electron chi connectivity index (χ0n) is 14.0. The number of ether oxygens (including phenoxy) is 1. The van der Waals surface area contributed by atoms with E-state index < -0.39 is 18.4 Å². The van der Waals surface area contributed by atoms with E-state index in [0.29, 0.717) is 16.4 Å². The molecular weight excluding hydrogens is 326 g/mol. The molecular formula is C18H25NO4S. The molecule has 132 valence electrons. The van der Waals surface area contributed by atoms with Crippen LogP contribution in [0.1, 0.15) is 62.6 Å². The highest BCUT2D eigenvalue weighted by atomic mass is 32.2. The highest BCUT2D eigenvalue weighted by Gasteiger charge is 2.38. The van der Waals surface area contributed by atoms with Crippen molar-refractivity contribution < 1.29 is 19.7 Å². The third-order valence-corrected chi connectivity index (χ3v) is 6.05. The van der Waals surface area contributed by atoms with Crippen LogP contribution in [0, 0.1) is 0 Å². The molecule has 0 bridgehead atoms. The molecule has 2 aliphatic rings. The Morgan fingerprint density at radius 3 is 2.62 bits per heavy atom. The molecule has 2 N–H and O–H groups in total. The largest absolute Gasteiger partial charge is 0.465 e. The first kappa shape index (κ1) is 17.7. The Morgan fingerprint density at radius 2 is 1.92 bits per heavy atom. The maximum atomic E-state index is 11.7. The second kappa shape index (κ2) is 7.87. The maximum absolute atomic E-state index is 11.7. The second-order valence-electron chi connectivity index (χ2n) is 6.39. The molecule has 2 atom stereocenters. The van der Waals surface area contributed by atoms with Crippen molar-refractivity contribution in [1.82, 2.24) is 4.90 Å². The molecule has 0 amide bonds. The lowest BCUT2D eigenvalue weighted by Crippen LogP contribution is -2.32. The quantitative estimate of drug-likeness (QED) is 0.795. The number of aliphatic hydroxyl groups is 2. The number of thioether (sulfide) groups is 1. The summed E-state index contributed by atoms with van der Waals surface area (Å²) in [5.74, 6) is -0.444. The van der Waals surface area contributed by atoms with E-state index in [9.17, 15) is 15.0 Å². The summed E-state index contributed by atoms with van der Waals surface area (Å²) in [6.07, 6.45) is 4.42. The summed E-state index contributed by atoms with van der Waals surface area (Å²) in [4.78, 5) is 14.2. The molecule has 1 saturated carbocycles. The summed E-state index contributed by atoms with van der Waals surface area (Å²) in [5, 5.41) is 21.5. The number of hydrogen-bond acceptors (Lipinski definition) is 6. The minimum atomic E-state index is -0.980. The van der Waals surface area contributed by atoms with E-state index >= 15 is 0 Å². The smallest absolute Gasteiger partial charge is 0.320 e. The molecule has 0 aromatic heterocycles. The minimum absolute atomic E-state index is 0.129. The summed E-state index contributed by atoms with van der Waals surface area (Å²) in [6.45, 7) is 1.89. The minimum Gasteiger partial charge on any atom is -0.465 e. The molecule has 2 unspecified atom stereocenters. The number of esters is 1. The topological polar surface area (TPSA) is 70.0 Å². The number of rotatable bonds is 5. The molecule has 1 aliphatic carbocycles. The summed E-state index contributed by atoms with van der Waals surface area (Å²) in [6, 6.07) is 5.81. The Balaban J connectivity index is 1.71. The number of carbonyl (C=O) groups excluding carboxylic acids is 1. The van der Waals surface area contributed by atoms with Gasteiger partial charge in [-0.25, -0.2) is 4.90 Å². The van der Waals surface area contributed by atoms with Gasteiger partial charge in [0.1, 0.15) is 19.0 Å². The van der Waals surface area contributed by atoms with E-state index in [2.05, 4.69) is 0 Å². The van der Waals surface area contributed by atoms with Crippen LogP contribution in [-0.4, -0.2) is 39.5 Å². The van der Waals surface area contributed by atoms with E-state index in [4.69, 9.17) is 4.74 Å². The monoisotopic (exact) mass is 351 g/mol. The molecule has 6 heteroatoms. The molecule has 0 saturated heterocycles. The SMILES string of the molecule is CCOC(=O)CN1C(O)c2ccc(SC3CCCCC3)cc2C1O. The molecule has 3 rings (SSSR count). The van der Waals surface area contributed by atoms with Crippen molar-refractivity contribution in [2.24, 2.45) is 0 Å². The molecule has 1 heterocycles. The molecule has 5 nitrogen and oxygen atoms in total. The molecule has 24 heavy (non-hydrogen) atoms. The van der Waals surface area contributed by atoms with Crippen LogP contribution < -0.4 is 0 Å². The van der Waals surface area contributed by atoms with Gasteiger partial charge in [0.15, 0.2) is 0 Å². The maximum Gasteiger partial charge on any atom is 0.320 e. The molecule has 1 aliphatic heterocycles. The van der Waals surface area contributed by atoms with Crippen LogP contribution in [0.25, 0.3) is 0 Å². The third-order valence-electron chi connectivity index (χ3n) is 4.71. The van der Waals surface area contributed by atoms with Gasteiger partial charge in [-0.15, -0.1) is 11.8 Å². The first-order chi connectivity index (χ1) is 11.6. The van der Waals surface area contributed by atoms with Crippen molar-refractivity contribution in [2.75, 3.05) is 13.2 Å². The number of aliphatic hydroxyl groups excluding tert-OH is 2. The van der Waals surface area contributed by atoms with Gasteiger partial charge in [-0.2, -0.15) is 0 Å². The van der Waals surface area contributed by atoms with Gasteiger partial charge in [0.2, 0.25) is 0 Å². The first-order valence-electron chi connectivity index (χ1n) is 8.68. The second-order valence-corrected chi connectivity index (χ2v) is 7.77. The predicted octanol–water partition coefficient (Wildman–Crippen LogP) is 2.97. The summed E-state index contributed by atoms with van der Waals surface area (Å²) >= 11 is 1.85. The lowest BCUT2D eigenvalue weighted by Gasteiger charge is -2.22.